The van der Waals surface area contributed by atoms with Crippen LogP contribution in [0.5, 0.6) is 0 Å². The molecule has 0 unspecified atom stereocenters. The minimum Gasteiger partial charge on any atom is -0.372 e. The number of hydrogen-bond donors (Lipinski definition) is 4. The standard InChI is InChI=1S/C19H20F8N4O4/c1-16(35,14(33)28-9-17(20,21)19(25,26)27)15(34)30-11-8-31(7-6-18(22,23)24)12-5-3-2-4-10(12)29-13(11)32/h2-5,11,35H,6-9H2,1H3,(H,28,33)(H,29,32)(H,30,34)/t11-,16-/m0/s1. The summed E-state index contributed by atoms with van der Waals surface area (Å²) in [6.07, 6.45) is -11.9. The zero-order valence-electron chi connectivity index (χ0n) is 17.9. The van der Waals surface area contributed by atoms with Crippen LogP contribution >= 0.6 is 0 Å². The fourth-order valence-electron chi connectivity index (χ4n) is 2.93. The number of benzene rings is 1. The number of rotatable bonds is 7. The highest BCUT2D eigenvalue weighted by atomic mass is 19.4. The van der Waals surface area contributed by atoms with Gasteiger partial charge in [-0.05, 0) is 19.1 Å². The summed E-state index contributed by atoms with van der Waals surface area (Å²) in [4.78, 5) is 38.1. The second-order valence-corrected chi connectivity index (χ2v) is 7.80. The summed E-state index contributed by atoms with van der Waals surface area (Å²) < 4.78 is 101. The van der Waals surface area contributed by atoms with E-state index in [-0.39, 0.29) is 11.4 Å². The highest BCUT2D eigenvalue weighted by Gasteiger charge is 2.58. The molecule has 0 saturated heterocycles. The summed E-state index contributed by atoms with van der Waals surface area (Å²) in [6, 6.07) is 4.10. The number of aliphatic hydroxyl groups is 1. The number of nitrogens with zero attached hydrogens (tertiary/aromatic N) is 1. The lowest BCUT2D eigenvalue weighted by Gasteiger charge is -2.29. The molecule has 1 aromatic rings. The minimum absolute atomic E-state index is 0.107. The third kappa shape index (κ3) is 6.93. The third-order valence-electron chi connectivity index (χ3n) is 4.96. The minimum atomic E-state index is -6.01. The SMILES string of the molecule is C[C@](O)(C(=O)NCC(F)(F)C(F)(F)F)C(=O)N[C@H]1CN(CCC(F)(F)F)c2ccccc2NC1=O. The Morgan fingerprint density at radius 2 is 1.69 bits per heavy atom. The fourth-order valence-corrected chi connectivity index (χ4v) is 2.93. The van der Waals surface area contributed by atoms with Gasteiger partial charge in [-0.1, -0.05) is 12.1 Å². The number of amides is 3. The molecule has 1 aromatic carbocycles. The van der Waals surface area contributed by atoms with Gasteiger partial charge in [-0.25, -0.2) is 0 Å². The predicted molar refractivity (Wildman–Crippen MR) is 105 cm³/mol. The molecule has 1 aliphatic rings. The molecule has 16 heteroatoms. The molecule has 35 heavy (non-hydrogen) atoms. The zero-order valence-corrected chi connectivity index (χ0v) is 17.9. The largest absolute Gasteiger partial charge is 0.455 e. The number of anilines is 2. The van der Waals surface area contributed by atoms with Crippen LogP contribution in [-0.4, -0.2) is 72.4 Å². The van der Waals surface area contributed by atoms with Gasteiger partial charge in [0.2, 0.25) is 11.5 Å². The second-order valence-electron chi connectivity index (χ2n) is 7.80. The van der Waals surface area contributed by atoms with Crippen molar-refractivity contribution in [3.63, 3.8) is 0 Å². The van der Waals surface area contributed by atoms with E-state index in [9.17, 15) is 54.6 Å². The molecule has 196 valence electrons. The highest BCUT2D eigenvalue weighted by Crippen LogP contribution is 2.35. The summed E-state index contributed by atoms with van der Waals surface area (Å²) in [5, 5.41) is 15.5. The van der Waals surface area contributed by atoms with Crippen molar-refractivity contribution in [1.29, 1.82) is 0 Å². The Balaban J connectivity index is 2.17. The smallest absolute Gasteiger partial charge is 0.372 e. The maximum absolute atomic E-state index is 13.0. The van der Waals surface area contributed by atoms with Crippen LogP contribution in [0.4, 0.5) is 46.5 Å². The highest BCUT2D eigenvalue weighted by molar-refractivity contribution is 6.10. The molecule has 1 aliphatic heterocycles. The van der Waals surface area contributed by atoms with Gasteiger partial charge in [0, 0.05) is 13.1 Å². The molecule has 1 heterocycles. The second kappa shape index (κ2) is 9.83. The first-order valence-corrected chi connectivity index (χ1v) is 9.83. The first-order chi connectivity index (χ1) is 15.8. The number of hydrogen-bond acceptors (Lipinski definition) is 5. The Labute approximate surface area is 192 Å². The van der Waals surface area contributed by atoms with Gasteiger partial charge in [-0.15, -0.1) is 0 Å². The van der Waals surface area contributed by atoms with Crippen molar-refractivity contribution in [2.75, 3.05) is 29.9 Å². The van der Waals surface area contributed by atoms with Crippen molar-refractivity contribution in [2.24, 2.45) is 0 Å². The zero-order chi connectivity index (χ0) is 26.8. The van der Waals surface area contributed by atoms with Crippen LogP contribution in [0.25, 0.3) is 0 Å². The fraction of sp³-hybridized carbons (Fsp3) is 0.526. The molecule has 0 fully saturated rings. The molecule has 3 amide bonds. The molecule has 0 radical (unpaired) electrons. The first-order valence-electron chi connectivity index (χ1n) is 9.83. The lowest BCUT2D eigenvalue weighted by atomic mass is 10.0. The quantitative estimate of drug-likeness (QED) is 0.325. The molecular weight excluding hydrogens is 500 g/mol. The van der Waals surface area contributed by atoms with Gasteiger partial charge >= 0.3 is 18.3 Å². The van der Waals surface area contributed by atoms with E-state index in [2.05, 4.69) is 5.32 Å². The summed E-state index contributed by atoms with van der Waals surface area (Å²) >= 11 is 0. The lowest BCUT2D eigenvalue weighted by Crippen LogP contribution is -2.61. The maximum Gasteiger partial charge on any atom is 0.455 e. The Bertz CT molecular complexity index is 965. The van der Waals surface area contributed by atoms with Crippen molar-refractivity contribution < 1.29 is 54.6 Å². The number of nitrogens with one attached hydrogen (secondary N) is 3. The van der Waals surface area contributed by atoms with Gasteiger partial charge in [0.1, 0.15) is 6.04 Å². The van der Waals surface area contributed by atoms with Gasteiger partial charge < -0.3 is 26.0 Å². The van der Waals surface area contributed by atoms with Crippen LogP contribution in [0.3, 0.4) is 0 Å². The molecule has 2 atom stereocenters. The molecule has 8 nitrogen and oxygen atoms in total. The molecule has 0 spiro atoms. The Kier molecular flexibility index (Phi) is 7.88. The van der Waals surface area contributed by atoms with Gasteiger partial charge in [0.15, 0.2) is 0 Å². The summed E-state index contributed by atoms with van der Waals surface area (Å²) in [7, 11) is 0. The van der Waals surface area contributed by atoms with E-state index in [4.69, 9.17) is 0 Å². The number of alkyl halides is 8. The Morgan fingerprint density at radius 1 is 1.09 bits per heavy atom. The van der Waals surface area contributed by atoms with E-state index in [1.165, 1.54) is 24.3 Å². The van der Waals surface area contributed by atoms with E-state index < -0.39 is 73.7 Å². The Morgan fingerprint density at radius 3 is 2.26 bits per heavy atom. The van der Waals surface area contributed by atoms with Crippen molar-refractivity contribution in [2.45, 2.75) is 43.3 Å². The molecule has 0 aliphatic carbocycles. The van der Waals surface area contributed by atoms with Crippen LogP contribution in [0.2, 0.25) is 0 Å². The topological polar surface area (TPSA) is 111 Å². The van der Waals surface area contributed by atoms with Crippen molar-refractivity contribution >= 4 is 29.1 Å². The molecule has 0 bridgehead atoms. The molecule has 0 aromatic heterocycles. The molecule has 4 N–H and O–H groups in total. The van der Waals surface area contributed by atoms with Gasteiger partial charge in [-0.3, -0.25) is 14.4 Å². The lowest BCUT2D eigenvalue weighted by molar-refractivity contribution is -0.278. The van der Waals surface area contributed by atoms with Crippen LogP contribution in [0, 0.1) is 0 Å². The van der Waals surface area contributed by atoms with Crippen LogP contribution in [-0.2, 0) is 14.4 Å². The average molecular weight is 520 g/mol. The van der Waals surface area contributed by atoms with Crippen LogP contribution in [0.15, 0.2) is 24.3 Å². The van der Waals surface area contributed by atoms with Gasteiger partial charge in [0.05, 0.1) is 24.3 Å². The van der Waals surface area contributed by atoms with E-state index in [1.807, 2.05) is 5.32 Å². The molecule has 0 saturated carbocycles. The first kappa shape index (κ1) is 28.1. The average Bonchev–Trinajstić information content (AvgIpc) is 2.85. The van der Waals surface area contributed by atoms with E-state index >= 15 is 0 Å². The summed E-state index contributed by atoms with van der Waals surface area (Å²) in [6.45, 7) is -2.98. The van der Waals surface area contributed by atoms with Gasteiger partial charge in [0.25, 0.3) is 11.8 Å². The normalized spacial score (nSPS) is 18.6. The van der Waals surface area contributed by atoms with E-state index in [0.717, 1.165) is 10.2 Å². The monoisotopic (exact) mass is 520 g/mol. The van der Waals surface area contributed by atoms with Crippen LogP contribution < -0.4 is 20.9 Å². The third-order valence-corrected chi connectivity index (χ3v) is 4.96. The van der Waals surface area contributed by atoms with Crippen molar-refractivity contribution in [3.8, 4) is 0 Å². The Hall–Kier alpha value is -3.17. The van der Waals surface area contributed by atoms with E-state index in [1.54, 1.807) is 0 Å². The summed E-state index contributed by atoms with van der Waals surface area (Å²) in [5.41, 5.74) is -2.92. The molecular formula is C19H20F8N4O4. The predicted octanol–water partition coefficient (Wildman–Crippen LogP) is 1.95. The van der Waals surface area contributed by atoms with Crippen LogP contribution in [0.1, 0.15) is 13.3 Å². The van der Waals surface area contributed by atoms with Crippen molar-refractivity contribution in [1.82, 2.24) is 10.6 Å². The van der Waals surface area contributed by atoms with Gasteiger partial charge in [-0.2, -0.15) is 35.1 Å². The number of halogens is 8. The number of para-hydroxylation sites is 2. The molecule has 2 rings (SSSR count). The van der Waals surface area contributed by atoms with Crippen molar-refractivity contribution in [3.05, 3.63) is 24.3 Å². The van der Waals surface area contributed by atoms with E-state index in [0.29, 0.717) is 6.92 Å². The number of fused-ring (bicyclic) bond motifs is 1. The number of carbonyl (C=O) groups is 3. The number of carbonyl (C=O) groups excluding carboxylic acids is 3. The summed E-state index contributed by atoms with van der Waals surface area (Å²) in [5.74, 6) is -9.89. The maximum atomic E-state index is 13.0.